The van der Waals surface area contributed by atoms with Crippen LogP contribution in [-0.2, 0) is 35.8 Å². The summed E-state index contributed by atoms with van der Waals surface area (Å²) in [6.45, 7) is 17.2. The van der Waals surface area contributed by atoms with E-state index in [0.717, 1.165) is 56.7 Å². The maximum absolute atomic E-state index is 14.9. The lowest BCUT2D eigenvalue weighted by Crippen LogP contribution is -2.40. The number of aliphatic hydroxyl groups is 2. The molecule has 8 heterocycles. The molecule has 95 heavy (non-hydrogen) atoms. The molecule has 0 spiro atoms. The normalized spacial score (nSPS) is 15.0. The first-order valence-corrected chi connectivity index (χ1v) is 32.5. The maximum atomic E-state index is 14.9. The van der Waals surface area contributed by atoms with Gasteiger partial charge in [-0.3, -0.25) is 19.0 Å². The minimum absolute atomic E-state index is 0.0641. The summed E-state index contributed by atoms with van der Waals surface area (Å²) < 4.78 is 57.9. The number of carbonyl (C=O) groups is 2. The topological polar surface area (TPSA) is 285 Å². The summed E-state index contributed by atoms with van der Waals surface area (Å²) in [6.07, 6.45) is 12.4. The van der Waals surface area contributed by atoms with Gasteiger partial charge in [-0.05, 0) is 168 Å². The number of rotatable bonds is 20. The zero-order valence-corrected chi connectivity index (χ0v) is 57.9. The first kappa shape index (κ1) is 70.4. The molecule has 2 aliphatic rings. The van der Waals surface area contributed by atoms with Crippen LogP contribution in [0.3, 0.4) is 0 Å². The second kappa shape index (κ2) is 31.1. The van der Waals surface area contributed by atoms with Gasteiger partial charge in [0.2, 0.25) is 23.7 Å². The van der Waals surface area contributed by atoms with E-state index in [1.807, 2.05) is 63.5 Å². The Hall–Kier alpha value is -8.87. The van der Waals surface area contributed by atoms with Crippen LogP contribution < -0.4 is 45.1 Å². The highest BCUT2D eigenvalue weighted by Gasteiger charge is 2.36. The fourth-order valence-corrected chi connectivity index (χ4v) is 11.4. The molecule has 25 nitrogen and oxygen atoms in total. The smallest absolute Gasteiger partial charge is 0.237 e. The minimum atomic E-state index is -0.948. The summed E-state index contributed by atoms with van der Waals surface area (Å²) >= 11 is 2.19. The van der Waals surface area contributed by atoms with Crippen molar-refractivity contribution in [1.82, 2.24) is 69.4 Å². The number of amides is 2. The number of nitrogens with zero attached hydrogens (tertiary/aromatic N) is 13. The lowest BCUT2D eigenvalue weighted by atomic mass is 9.96. The van der Waals surface area contributed by atoms with Gasteiger partial charge in [0.05, 0.1) is 91.3 Å². The van der Waals surface area contributed by atoms with Gasteiger partial charge >= 0.3 is 0 Å². The van der Waals surface area contributed by atoms with E-state index in [0.29, 0.717) is 114 Å². The number of halogens is 3. The highest BCUT2D eigenvalue weighted by Crippen LogP contribution is 2.35. The molecule has 0 bridgehead atoms. The van der Waals surface area contributed by atoms with Gasteiger partial charge in [-0.1, -0.05) is 25.5 Å². The van der Waals surface area contributed by atoms with Gasteiger partial charge in [0.25, 0.3) is 0 Å². The molecule has 2 fully saturated rings. The van der Waals surface area contributed by atoms with E-state index < -0.39 is 34.7 Å². The number of piperidine rings is 2. The SMILES string of the molecule is CC(C)(O)Cn1cc(I)cn1.CCCCNC.COc1ccc(CNc2nc3cc(OC)c(F)cc3c3nc(C4CCCN(c5cnn(CC(C)(C)O)c5)C4=O)nn23)c(C)c1.COc1ccc(CNc2nc3cc(OC)c(F)cc3c3nc(C4CCCNC4=O)nn23)c(C)c1. The fraction of sp³-hybridized carbons (Fsp3) is 0.433. The minimum Gasteiger partial charge on any atom is -0.497 e. The Labute approximate surface area is 563 Å². The van der Waals surface area contributed by atoms with Crippen LogP contribution in [0.25, 0.3) is 33.1 Å². The zero-order valence-electron chi connectivity index (χ0n) is 55.7. The molecule has 10 aromatic rings. The molecule has 0 radical (unpaired) electrons. The quantitative estimate of drug-likeness (QED) is 0.0306. The van der Waals surface area contributed by atoms with Crippen molar-refractivity contribution in [3.63, 3.8) is 0 Å². The Morgan fingerprint density at radius 2 is 1.18 bits per heavy atom. The maximum Gasteiger partial charge on any atom is 0.237 e. The molecule has 0 saturated carbocycles. The second-order valence-corrected chi connectivity index (χ2v) is 25.8. The van der Waals surface area contributed by atoms with E-state index in [2.05, 4.69) is 76.0 Å². The third-order valence-electron chi connectivity index (χ3n) is 15.9. The molecule has 6 N–H and O–H groups in total. The molecule has 2 amide bonds. The van der Waals surface area contributed by atoms with Gasteiger partial charge in [0.15, 0.2) is 46.1 Å². The molecule has 2 atom stereocenters. The van der Waals surface area contributed by atoms with Crippen LogP contribution in [0, 0.1) is 29.1 Å². The number of ether oxygens (including phenoxy) is 4. The summed E-state index contributed by atoms with van der Waals surface area (Å²) in [6, 6.07) is 17.4. The highest BCUT2D eigenvalue weighted by molar-refractivity contribution is 14.1. The molecule has 2 unspecified atom stereocenters. The van der Waals surface area contributed by atoms with Crippen LogP contribution in [0.1, 0.15) is 119 Å². The van der Waals surface area contributed by atoms with Crippen LogP contribution in [0.15, 0.2) is 85.5 Å². The van der Waals surface area contributed by atoms with Crippen LogP contribution in [0.5, 0.6) is 23.0 Å². The predicted octanol–water partition coefficient (Wildman–Crippen LogP) is 9.84. The average molecular weight is 1420 g/mol. The molecule has 2 aliphatic heterocycles. The summed E-state index contributed by atoms with van der Waals surface area (Å²) in [7, 11) is 8.05. The average Bonchev–Trinajstić information content (AvgIpc) is 1.57. The highest BCUT2D eigenvalue weighted by atomic mass is 127. The van der Waals surface area contributed by atoms with Crippen molar-refractivity contribution in [2.75, 3.05) is 70.7 Å². The Bertz CT molecular complexity index is 4310. The molecular weight excluding hydrogens is 1340 g/mol. The van der Waals surface area contributed by atoms with E-state index >= 15 is 0 Å². The Morgan fingerprint density at radius 1 is 0.674 bits per heavy atom. The molecule has 28 heteroatoms. The number of benzene rings is 4. The number of carbonyl (C=O) groups excluding carboxylic acids is 2. The molecule has 506 valence electrons. The van der Waals surface area contributed by atoms with E-state index in [1.54, 1.807) is 79.3 Å². The zero-order chi connectivity index (χ0) is 68.3. The molecular formula is C67H84F2IN17O8. The van der Waals surface area contributed by atoms with Crippen LogP contribution >= 0.6 is 22.6 Å². The van der Waals surface area contributed by atoms with Gasteiger partial charge in [0.1, 0.15) is 17.4 Å². The van der Waals surface area contributed by atoms with E-state index in [9.17, 15) is 28.6 Å². The largest absolute Gasteiger partial charge is 0.497 e. The number of methoxy groups -OCH3 is 4. The van der Waals surface area contributed by atoms with Gasteiger partial charge in [-0.25, -0.2) is 28.7 Å². The summed E-state index contributed by atoms with van der Waals surface area (Å²) in [5.74, 6) is 0.866. The summed E-state index contributed by atoms with van der Waals surface area (Å²) in [5, 5.41) is 50.9. The van der Waals surface area contributed by atoms with Crippen molar-refractivity contribution < 1.29 is 47.5 Å². The lowest BCUT2D eigenvalue weighted by Gasteiger charge is -2.30. The predicted molar refractivity (Wildman–Crippen MR) is 368 cm³/mol. The number of aromatic nitrogens is 12. The molecule has 0 aliphatic carbocycles. The van der Waals surface area contributed by atoms with E-state index in [1.165, 1.54) is 55.8 Å². The molecule has 2 saturated heterocycles. The molecule has 12 rings (SSSR count). The number of hydrogen-bond donors (Lipinski definition) is 6. The molecule has 4 aromatic carbocycles. The van der Waals surface area contributed by atoms with Gasteiger partial charge in [0, 0.05) is 61.5 Å². The Kier molecular flexibility index (Phi) is 23.1. The number of anilines is 3. The third-order valence-corrected chi connectivity index (χ3v) is 16.4. The summed E-state index contributed by atoms with van der Waals surface area (Å²) in [5.41, 5.74) is 4.97. The first-order valence-electron chi connectivity index (χ1n) is 31.4. The monoisotopic (exact) mass is 1420 g/mol. The number of fused-ring (bicyclic) bond motifs is 6. The van der Waals surface area contributed by atoms with Gasteiger partial charge in [-0.15, -0.1) is 10.2 Å². The van der Waals surface area contributed by atoms with Crippen molar-refractivity contribution in [3.8, 4) is 23.0 Å². The Morgan fingerprint density at radius 3 is 1.62 bits per heavy atom. The van der Waals surface area contributed by atoms with E-state index in [-0.39, 0.29) is 23.3 Å². The Balaban J connectivity index is 0.000000182. The van der Waals surface area contributed by atoms with Crippen LogP contribution in [-0.4, -0.2) is 147 Å². The lowest BCUT2D eigenvalue weighted by molar-refractivity contribution is -0.124. The van der Waals surface area contributed by atoms with Crippen molar-refractivity contribution in [2.45, 2.75) is 136 Å². The summed E-state index contributed by atoms with van der Waals surface area (Å²) in [4.78, 5) is 46.8. The number of nitrogens with one attached hydrogen (secondary N) is 4. The number of aryl methyl sites for hydroxylation is 2. The van der Waals surface area contributed by atoms with Gasteiger partial charge < -0.3 is 55.3 Å². The molecule has 6 aromatic heterocycles. The van der Waals surface area contributed by atoms with E-state index in [4.69, 9.17) is 34.0 Å². The van der Waals surface area contributed by atoms with Crippen molar-refractivity contribution in [1.29, 1.82) is 0 Å². The van der Waals surface area contributed by atoms with Crippen molar-refractivity contribution in [3.05, 3.63) is 135 Å². The first-order chi connectivity index (χ1) is 45.4. The number of hydrogen-bond acceptors (Lipinski definition) is 19. The van der Waals surface area contributed by atoms with Crippen molar-refractivity contribution >= 4 is 85.1 Å². The second-order valence-electron chi connectivity index (χ2n) is 24.6. The fourth-order valence-electron chi connectivity index (χ4n) is 11.0. The van der Waals surface area contributed by atoms with Gasteiger partial charge in [-0.2, -0.15) is 19.2 Å². The van der Waals surface area contributed by atoms with Crippen LogP contribution in [0.2, 0.25) is 0 Å². The standard InChI is InChI=1S/C31H35FN8O4.C24H25FN6O3.C7H11IN2O.C5H13N/c1-18-11-21(43-4)9-8-19(18)14-33-30-35-25-13-26(44-5)24(32)12-23(25)28-36-27(37-40(28)30)22-7-6-10-39(29(22)41)20-15-34-38(16-20)17-31(2,3)42;1-13-9-15(33-2)7-6-14(13)12-27-24-28-19-11-20(34-3)18(25)10-17(19)22-29-21(30-31(22)24)16-5-4-8-26-23(16)32;1-7(2,11)5-10-4-6(8)3-9-10;1-3-4-5-6-2/h8-9,11-13,15-16,22,42H,6-7,10,14,17H2,1-5H3,(H,33,35);6-7,9-11,16H,4-5,8,12H2,1-3H3,(H,26,32)(H,27,28);3-4,11H,5H2,1-2H3;6H,3-5H2,1-2H3. The van der Waals surface area contributed by atoms with Crippen LogP contribution in [0.4, 0.5) is 26.4 Å². The third kappa shape index (κ3) is 17.5. The van der Waals surface area contributed by atoms with Crippen molar-refractivity contribution in [2.24, 2.45) is 0 Å². The number of unbranched alkanes of at least 4 members (excludes halogenated alkanes) is 1.